The van der Waals surface area contributed by atoms with Crippen molar-refractivity contribution in [2.24, 2.45) is 0 Å². The molecule has 0 bridgehead atoms. The lowest BCUT2D eigenvalue weighted by Gasteiger charge is -2.44. The van der Waals surface area contributed by atoms with Gasteiger partial charge in [-0.3, -0.25) is 4.79 Å². The Labute approximate surface area is 164 Å². The van der Waals surface area contributed by atoms with E-state index in [4.69, 9.17) is 4.74 Å². The summed E-state index contributed by atoms with van der Waals surface area (Å²) in [6.45, 7) is 8.00. The molecule has 1 spiro atoms. The molecular weight excluding hydrogens is 362 g/mol. The van der Waals surface area contributed by atoms with E-state index in [9.17, 15) is 9.59 Å². The Morgan fingerprint density at radius 1 is 1.26 bits per heavy atom. The molecule has 0 aromatic carbocycles. The van der Waals surface area contributed by atoms with Gasteiger partial charge in [0.05, 0.1) is 17.1 Å². The van der Waals surface area contributed by atoms with Crippen LogP contribution in [-0.4, -0.2) is 48.1 Å². The number of fused-ring (bicyclic) bond motifs is 2. The van der Waals surface area contributed by atoms with Crippen molar-refractivity contribution in [3.05, 3.63) is 21.4 Å². The van der Waals surface area contributed by atoms with Gasteiger partial charge >= 0.3 is 6.03 Å². The molecule has 1 aromatic heterocycles. The largest absolute Gasteiger partial charge is 0.370 e. The second-order valence-corrected chi connectivity index (χ2v) is 10.1. The molecule has 1 saturated heterocycles. The van der Waals surface area contributed by atoms with Crippen LogP contribution in [0.1, 0.15) is 66.6 Å². The first-order valence-electron chi connectivity index (χ1n) is 9.91. The molecule has 3 heterocycles. The summed E-state index contributed by atoms with van der Waals surface area (Å²) in [5, 5.41) is 6.12. The summed E-state index contributed by atoms with van der Waals surface area (Å²) < 4.78 is 6.26. The van der Waals surface area contributed by atoms with Crippen LogP contribution in [0.4, 0.5) is 4.79 Å². The molecule has 1 saturated carbocycles. The van der Waals surface area contributed by atoms with Crippen molar-refractivity contribution in [2.75, 3.05) is 19.7 Å². The Kier molecular flexibility index (Phi) is 4.71. The number of amides is 3. The van der Waals surface area contributed by atoms with E-state index >= 15 is 0 Å². The molecule has 27 heavy (non-hydrogen) atoms. The number of carbonyl (C=O) groups excluding carboxylic acids is 2. The molecule has 2 fully saturated rings. The van der Waals surface area contributed by atoms with Gasteiger partial charge in [0.15, 0.2) is 0 Å². The van der Waals surface area contributed by atoms with E-state index in [0.29, 0.717) is 25.7 Å². The predicted octanol–water partition coefficient (Wildman–Crippen LogP) is 3.01. The van der Waals surface area contributed by atoms with Gasteiger partial charge in [-0.2, -0.15) is 0 Å². The van der Waals surface area contributed by atoms with Crippen LogP contribution in [0.5, 0.6) is 0 Å². The number of nitrogens with one attached hydrogen (secondary N) is 2. The SMILES string of the molecule is CC(C)(C)NC(=O)N1CCC2(CC1)OCCc1sc(C(=O)NC3CC3)cc12. The van der Waals surface area contributed by atoms with Crippen molar-refractivity contribution in [2.45, 2.75) is 70.1 Å². The van der Waals surface area contributed by atoms with Gasteiger partial charge in [0.1, 0.15) is 0 Å². The van der Waals surface area contributed by atoms with Crippen molar-refractivity contribution in [1.82, 2.24) is 15.5 Å². The summed E-state index contributed by atoms with van der Waals surface area (Å²) in [5.41, 5.74) is 0.592. The van der Waals surface area contributed by atoms with Crippen molar-refractivity contribution >= 4 is 23.3 Å². The van der Waals surface area contributed by atoms with Crippen LogP contribution in [0, 0.1) is 0 Å². The summed E-state index contributed by atoms with van der Waals surface area (Å²) in [6.07, 6.45) is 4.61. The highest BCUT2D eigenvalue weighted by molar-refractivity contribution is 7.14. The maximum atomic E-state index is 12.5. The van der Waals surface area contributed by atoms with E-state index in [0.717, 1.165) is 37.0 Å². The van der Waals surface area contributed by atoms with Gasteiger partial charge in [0.25, 0.3) is 5.91 Å². The zero-order valence-corrected chi connectivity index (χ0v) is 17.2. The number of piperidine rings is 1. The van der Waals surface area contributed by atoms with E-state index in [1.165, 1.54) is 10.4 Å². The van der Waals surface area contributed by atoms with Crippen LogP contribution >= 0.6 is 11.3 Å². The van der Waals surface area contributed by atoms with Gasteiger partial charge in [0, 0.05) is 36.0 Å². The minimum Gasteiger partial charge on any atom is -0.370 e. The number of thiophene rings is 1. The molecule has 3 aliphatic rings. The molecule has 7 heteroatoms. The monoisotopic (exact) mass is 391 g/mol. The van der Waals surface area contributed by atoms with E-state index in [1.807, 2.05) is 31.7 Å². The first kappa shape index (κ1) is 18.7. The zero-order chi connectivity index (χ0) is 19.2. The van der Waals surface area contributed by atoms with Crippen molar-refractivity contribution in [1.29, 1.82) is 0 Å². The van der Waals surface area contributed by atoms with Crippen molar-refractivity contribution in [3.8, 4) is 0 Å². The van der Waals surface area contributed by atoms with Crippen LogP contribution in [-0.2, 0) is 16.8 Å². The minimum absolute atomic E-state index is 0.0109. The molecule has 2 N–H and O–H groups in total. The number of urea groups is 1. The molecule has 0 radical (unpaired) electrons. The molecule has 3 amide bonds. The number of carbonyl (C=O) groups is 2. The molecule has 2 aliphatic heterocycles. The van der Waals surface area contributed by atoms with E-state index in [1.54, 1.807) is 11.3 Å². The average molecular weight is 392 g/mol. The summed E-state index contributed by atoms with van der Waals surface area (Å²) in [4.78, 5) is 28.9. The Balaban J connectivity index is 1.47. The number of hydrogen-bond donors (Lipinski definition) is 2. The predicted molar refractivity (Wildman–Crippen MR) is 105 cm³/mol. The van der Waals surface area contributed by atoms with Crippen molar-refractivity contribution < 1.29 is 14.3 Å². The number of ether oxygens (including phenoxy) is 1. The topological polar surface area (TPSA) is 70.7 Å². The molecule has 4 rings (SSSR count). The molecular formula is C20H29N3O3S. The third kappa shape index (κ3) is 3.99. The Bertz CT molecular complexity index is 740. The summed E-state index contributed by atoms with van der Waals surface area (Å²) in [7, 11) is 0. The lowest BCUT2D eigenvalue weighted by molar-refractivity contribution is -0.0918. The highest BCUT2D eigenvalue weighted by Gasteiger charge is 2.43. The highest BCUT2D eigenvalue weighted by atomic mass is 32.1. The minimum atomic E-state index is -0.347. The summed E-state index contributed by atoms with van der Waals surface area (Å²) >= 11 is 1.61. The van der Waals surface area contributed by atoms with Crippen LogP contribution in [0.2, 0.25) is 0 Å². The summed E-state index contributed by atoms with van der Waals surface area (Å²) in [6, 6.07) is 2.40. The average Bonchev–Trinajstić information content (AvgIpc) is 3.29. The van der Waals surface area contributed by atoms with Crippen LogP contribution in [0.3, 0.4) is 0 Å². The Morgan fingerprint density at radius 3 is 2.59 bits per heavy atom. The molecule has 1 aliphatic carbocycles. The lowest BCUT2D eigenvalue weighted by atomic mass is 9.82. The van der Waals surface area contributed by atoms with E-state index < -0.39 is 0 Å². The van der Waals surface area contributed by atoms with Gasteiger partial charge in [0.2, 0.25) is 0 Å². The molecule has 6 nitrogen and oxygen atoms in total. The Hall–Kier alpha value is -1.60. The molecule has 0 atom stereocenters. The second kappa shape index (κ2) is 6.78. The van der Waals surface area contributed by atoms with E-state index in [-0.39, 0.29) is 23.1 Å². The second-order valence-electron chi connectivity index (χ2n) is 8.96. The maximum Gasteiger partial charge on any atom is 0.317 e. The van der Waals surface area contributed by atoms with Gasteiger partial charge in [-0.25, -0.2) is 4.79 Å². The number of rotatable bonds is 2. The Morgan fingerprint density at radius 2 is 1.96 bits per heavy atom. The first-order chi connectivity index (χ1) is 12.8. The fraction of sp³-hybridized carbons (Fsp3) is 0.700. The van der Waals surface area contributed by atoms with E-state index in [2.05, 4.69) is 10.6 Å². The van der Waals surface area contributed by atoms with Crippen molar-refractivity contribution in [3.63, 3.8) is 0 Å². The first-order valence-corrected chi connectivity index (χ1v) is 10.7. The van der Waals surface area contributed by atoms with Gasteiger partial charge in [-0.1, -0.05) is 0 Å². The highest BCUT2D eigenvalue weighted by Crippen LogP contribution is 2.44. The fourth-order valence-electron chi connectivity index (χ4n) is 3.90. The van der Waals surface area contributed by atoms with Crippen LogP contribution in [0.15, 0.2) is 6.07 Å². The smallest absolute Gasteiger partial charge is 0.317 e. The normalized spacial score (nSPS) is 21.7. The summed E-state index contributed by atoms with van der Waals surface area (Å²) in [5.74, 6) is 0.0500. The maximum absolute atomic E-state index is 12.5. The third-order valence-corrected chi connectivity index (χ3v) is 6.68. The zero-order valence-electron chi connectivity index (χ0n) is 16.4. The molecule has 1 aromatic rings. The van der Waals surface area contributed by atoms with Crippen LogP contribution in [0.25, 0.3) is 0 Å². The number of likely N-dealkylation sites (tertiary alicyclic amines) is 1. The number of nitrogens with zero attached hydrogens (tertiary/aromatic N) is 1. The van der Waals surface area contributed by atoms with Crippen LogP contribution < -0.4 is 10.6 Å². The quantitative estimate of drug-likeness (QED) is 0.814. The van der Waals surface area contributed by atoms with Gasteiger partial charge in [-0.05, 0) is 58.1 Å². The molecule has 0 unspecified atom stereocenters. The van der Waals surface area contributed by atoms with Gasteiger partial charge in [-0.15, -0.1) is 11.3 Å². The lowest BCUT2D eigenvalue weighted by Crippen LogP contribution is -2.54. The number of hydrogen-bond acceptors (Lipinski definition) is 4. The fourth-order valence-corrected chi connectivity index (χ4v) is 5.03. The third-order valence-electron chi connectivity index (χ3n) is 5.48. The molecule has 148 valence electrons. The van der Waals surface area contributed by atoms with Gasteiger partial charge < -0.3 is 20.3 Å². The standard InChI is InChI=1S/C20H29N3O3S/c1-19(2,3)22-18(25)23-9-7-20(8-10-23)14-12-16(17(24)21-13-4-5-13)27-15(14)6-11-26-20/h12-13H,4-11H2,1-3H3,(H,21,24)(H,22,25).